The Hall–Kier alpha value is -0.870. The Morgan fingerprint density at radius 1 is 1.55 bits per heavy atom. The quantitative estimate of drug-likeness (QED) is 0.783. The van der Waals surface area contributed by atoms with Crippen LogP contribution in [0.2, 0.25) is 0 Å². The molecule has 1 unspecified atom stereocenters. The molecule has 3 N–H and O–H groups in total. The molecule has 20 heavy (non-hydrogen) atoms. The molecule has 0 aromatic carbocycles. The number of nitrogens with zero attached hydrogens (tertiary/aromatic N) is 1. The summed E-state index contributed by atoms with van der Waals surface area (Å²) in [7, 11) is -3.59. The number of sulfonamides is 1. The van der Waals surface area contributed by atoms with E-state index in [9.17, 15) is 8.42 Å². The van der Waals surface area contributed by atoms with E-state index >= 15 is 0 Å². The Kier molecular flexibility index (Phi) is 4.86. The minimum Gasteiger partial charge on any atom is -0.389 e. The number of hydrogen-bond acceptors (Lipinski definition) is 6. The summed E-state index contributed by atoms with van der Waals surface area (Å²) >= 11 is 7.33. The molecule has 0 saturated carbocycles. The zero-order valence-corrected chi connectivity index (χ0v) is 13.8. The number of thiocarbonyl (C=S) groups is 1. The lowest BCUT2D eigenvalue weighted by Gasteiger charge is -2.13. The highest BCUT2D eigenvalue weighted by molar-refractivity contribution is 7.91. The van der Waals surface area contributed by atoms with Crippen LogP contribution in [0.1, 0.15) is 29.3 Å². The fourth-order valence-corrected chi connectivity index (χ4v) is 5.06. The van der Waals surface area contributed by atoms with E-state index in [4.69, 9.17) is 18.0 Å². The van der Waals surface area contributed by atoms with Crippen LogP contribution in [0, 0.1) is 0 Å². The van der Waals surface area contributed by atoms with E-state index in [0.717, 1.165) is 16.3 Å². The third-order valence-corrected chi connectivity index (χ3v) is 6.86. The minimum absolute atomic E-state index is 0.198. The molecule has 0 aliphatic heterocycles. The van der Waals surface area contributed by atoms with Crippen LogP contribution in [0.3, 0.4) is 0 Å². The molecular formula is C11H13N3O2S4. The molecule has 0 amide bonds. The first-order chi connectivity index (χ1) is 9.44. The normalized spacial score (nSPS) is 13.2. The van der Waals surface area contributed by atoms with Crippen molar-refractivity contribution in [1.82, 2.24) is 9.71 Å². The second-order valence-corrected chi connectivity index (χ2v) is 8.33. The van der Waals surface area contributed by atoms with Crippen LogP contribution in [-0.4, -0.2) is 18.4 Å². The van der Waals surface area contributed by atoms with Gasteiger partial charge in [0.15, 0.2) is 0 Å². The molecule has 108 valence electrons. The second-order valence-electron chi connectivity index (χ2n) is 3.94. The smallest absolute Gasteiger partial charge is 0.250 e. The van der Waals surface area contributed by atoms with Crippen molar-refractivity contribution in [2.45, 2.75) is 23.6 Å². The molecule has 1 atom stereocenters. The molecule has 0 fully saturated rings. The van der Waals surface area contributed by atoms with Crippen molar-refractivity contribution in [2.75, 3.05) is 0 Å². The molecule has 0 aliphatic carbocycles. The Balaban J connectivity index is 2.23. The largest absolute Gasteiger partial charge is 0.389 e. The number of rotatable bonds is 6. The third kappa shape index (κ3) is 3.41. The molecule has 2 aromatic heterocycles. The molecule has 0 radical (unpaired) electrons. The van der Waals surface area contributed by atoms with Crippen molar-refractivity contribution in [3.63, 3.8) is 0 Å². The van der Waals surface area contributed by atoms with Gasteiger partial charge in [-0.15, -0.1) is 22.7 Å². The highest BCUT2D eigenvalue weighted by Crippen LogP contribution is 2.25. The third-order valence-electron chi connectivity index (χ3n) is 2.54. The van der Waals surface area contributed by atoms with Gasteiger partial charge in [-0.05, 0) is 18.6 Å². The highest BCUT2D eigenvalue weighted by atomic mass is 32.2. The Labute approximate surface area is 130 Å². The van der Waals surface area contributed by atoms with Crippen molar-refractivity contribution < 1.29 is 8.42 Å². The van der Waals surface area contributed by atoms with Crippen LogP contribution >= 0.6 is 34.9 Å². The van der Waals surface area contributed by atoms with Gasteiger partial charge in [-0.2, -0.15) is 0 Å². The fraction of sp³-hybridized carbons (Fsp3) is 0.273. The van der Waals surface area contributed by atoms with Crippen LogP contribution in [0.25, 0.3) is 0 Å². The van der Waals surface area contributed by atoms with Gasteiger partial charge >= 0.3 is 0 Å². The number of nitrogens with two attached hydrogens (primary N) is 1. The first-order valence-corrected chi connectivity index (χ1v) is 9.34. The lowest BCUT2D eigenvalue weighted by Crippen LogP contribution is -2.27. The van der Waals surface area contributed by atoms with Gasteiger partial charge in [0.25, 0.3) is 10.0 Å². The summed E-state index contributed by atoms with van der Waals surface area (Å²) in [4.78, 5) is 4.94. The fourth-order valence-electron chi connectivity index (χ4n) is 1.56. The highest BCUT2D eigenvalue weighted by Gasteiger charge is 2.23. The molecule has 0 aliphatic rings. The van der Waals surface area contributed by atoms with Crippen LogP contribution < -0.4 is 10.5 Å². The summed E-state index contributed by atoms with van der Waals surface area (Å²) in [6.45, 7) is 1.91. The number of hydrogen-bond donors (Lipinski definition) is 2. The zero-order chi connectivity index (χ0) is 14.8. The minimum atomic E-state index is -3.59. The Morgan fingerprint density at radius 2 is 2.30 bits per heavy atom. The van der Waals surface area contributed by atoms with Crippen molar-refractivity contribution in [3.05, 3.63) is 33.6 Å². The summed E-state index contributed by atoms with van der Waals surface area (Å²) in [5, 5.41) is 2.57. The number of nitrogens with one attached hydrogen (secondary N) is 1. The number of thiazole rings is 1. The van der Waals surface area contributed by atoms with E-state index in [1.165, 1.54) is 17.4 Å². The summed E-state index contributed by atoms with van der Waals surface area (Å²) < 4.78 is 27.5. The maximum absolute atomic E-state index is 12.3. The summed E-state index contributed by atoms with van der Waals surface area (Å²) in [5.41, 5.74) is 5.49. The molecule has 5 nitrogen and oxygen atoms in total. The van der Waals surface area contributed by atoms with Gasteiger partial charge in [-0.1, -0.05) is 19.1 Å². The van der Waals surface area contributed by atoms with E-state index in [1.54, 1.807) is 12.3 Å². The van der Waals surface area contributed by atoms with E-state index in [-0.39, 0.29) is 15.2 Å². The molecule has 2 rings (SSSR count). The van der Waals surface area contributed by atoms with Gasteiger partial charge in [0.05, 0.1) is 10.9 Å². The van der Waals surface area contributed by atoms with Crippen molar-refractivity contribution in [2.24, 2.45) is 5.73 Å². The lowest BCUT2D eigenvalue weighted by atomic mass is 10.3. The van der Waals surface area contributed by atoms with Gasteiger partial charge in [-0.25, -0.2) is 18.1 Å². The van der Waals surface area contributed by atoms with E-state index in [1.807, 2.05) is 12.3 Å². The SMILES string of the molecule is CCC(NS(=O)(=O)c1ccc(C(N)=S)s1)c1nccs1. The second kappa shape index (κ2) is 6.27. The predicted octanol–water partition coefficient (Wildman–Crippen LogP) is 2.27. The van der Waals surface area contributed by atoms with Crippen molar-refractivity contribution in [1.29, 1.82) is 0 Å². The standard InChI is InChI=1S/C11H13N3O2S4/c1-2-7(11-13-5-6-18-11)14-20(15,16)9-4-3-8(19-9)10(12)17/h3-7,14H,2H2,1H3,(H2,12,17). The number of aromatic nitrogens is 1. The lowest BCUT2D eigenvalue weighted by molar-refractivity contribution is 0.551. The molecule has 0 spiro atoms. The molecule has 2 heterocycles. The average molecular weight is 348 g/mol. The summed E-state index contributed by atoms with van der Waals surface area (Å²) in [6.07, 6.45) is 2.29. The van der Waals surface area contributed by atoms with Crippen molar-refractivity contribution >= 4 is 49.9 Å². The van der Waals surface area contributed by atoms with Gasteiger partial charge in [-0.3, -0.25) is 0 Å². The maximum Gasteiger partial charge on any atom is 0.250 e. The summed E-state index contributed by atoms with van der Waals surface area (Å²) in [5.74, 6) is 0. The van der Waals surface area contributed by atoms with Gasteiger partial charge in [0.1, 0.15) is 14.2 Å². The van der Waals surface area contributed by atoms with E-state index in [0.29, 0.717) is 11.3 Å². The predicted molar refractivity (Wildman–Crippen MR) is 85.7 cm³/mol. The number of thiophene rings is 1. The first-order valence-electron chi connectivity index (χ1n) is 5.75. The van der Waals surface area contributed by atoms with Gasteiger partial charge in [0.2, 0.25) is 0 Å². The van der Waals surface area contributed by atoms with E-state index < -0.39 is 10.0 Å². The van der Waals surface area contributed by atoms with Crippen molar-refractivity contribution in [3.8, 4) is 0 Å². The van der Waals surface area contributed by atoms with Gasteiger partial charge in [0, 0.05) is 11.6 Å². The average Bonchev–Trinajstić information content (AvgIpc) is 3.06. The molecule has 0 bridgehead atoms. The molecule has 9 heteroatoms. The van der Waals surface area contributed by atoms with Crippen LogP contribution in [0.4, 0.5) is 0 Å². The van der Waals surface area contributed by atoms with Crippen LogP contribution in [-0.2, 0) is 10.0 Å². The monoisotopic (exact) mass is 347 g/mol. The van der Waals surface area contributed by atoms with Crippen LogP contribution in [0.5, 0.6) is 0 Å². The molecule has 0 saturated heterocycles. The van der Waals surface area contributed by atoms with E-state index in [2.05, 4.69) is 9.71 Å². The maximum atomic E-state index is 12.3. The first kappa shape index (κ1) is 15.5. The zero-order valence-electron chi connectivity index (χ0n) is 10.6. The molecule has 2 aromatic rings. The molecular weight excluding hydrogens is 334 g/mol. The Bertz CT molecular complexity index is 691. The van der Waals surface area contributed by atoms with Crippen LogP contribution in [0.15, 0.2) is 27.9 Å². The topological polar surface area (TPSA) is 85.1 Å². The summed E-state index contributed by atoms with van der Waals surface area (Å²) in [6, 6.07) is 2.80. The Morgan fingerprint density at radius 3 is 2.80 bits per heavy atom. The van der Waals surface area contributed by atoms with Gasteiger partial charge < -0.3 is 5.73 Å².